The van der Waals surface area contributed by atoms with Crippen molar-refractivity contribution < 1.29 is 15.0 Å². The van der Waals surface area contributed by atoms with Crippen molar-refractivity contribution in [2.24, 2.45) is 0 Å². The molecule has 0 aliphatic rings. The molecule has 1 heterocycles. The van der Waals surface area contributed by atoms with Gasteiger partial charge in [-0.25, -0.2) is 9.78 Å². The van der Waals surface area contributed by atoms with Crippen molar-refractivity contribution in [3.63, 3.8) is 0 Å². The molecule has 0 bridgehead atoms. The van der Waals surface area contributed by atoms with Crippen LogP contribution in [0.3, 0.4) is 0 Å². The van der Waals surface area contributed by atoms with Crippen LogP contribution in [0.4, 0.5) is 0 Å². The second kappa shape index (κ2) is 2.34. The Hall–Kier alpha value is -1.58. The minimum absolute atomic E-state index is 0.215. The smallest absolute Gasteiger partial charge is 0.354 e. The molecule has 1 aromatic rings. The quantitative estimate of drug-likeness (QED) is 0.627. The lowest BCUT2D eigenvalue weighted by atomic mass is 10.3. The molecule has 0 amide bonds. The molecule has 1 aromatic heterocycles. The summed E-state index contributed by atoms with van der Waals surface area (Å²) in [5.41, 5.74) is -0.215. The summed E-state index contributed by atoms with van der Waals surface area (Å²) in [6.45, 7) is 0. The molecular formula is C6H4NO3. The van der Waals surface area contributed by atoms with Crippen molar-refractivity contribution in [1.29, 1.82) is 0 Å². The topological polar surface area (TPSA) is 70.1 Å². The molecular weight excluding hydrogens is 134 g/mol. The molecule has 0 aliphatic heterocycles. The lowest BCUT2D eigenvalue weighted by Crippen LogP contribution is -1.97. The fourth-order valence-electron chi connectivity index (χ4n) is 0.528. The van der Waals surface area contributed by atoms with Crippen LogP contribution in [0.15, 0.2) is 18.3 Å². The summed E-state index contributed by atoms with van der Waals surface area (Å²) < 4.78 is 0. The van der Waals surface area contributed by atoms with E-state index in [-0.39, 0.29) is 11.4 Å². The monoisotopic (exact) mass is 138 g/mol. The van der Waals surface area contributed by atoms with Crippen molar-refractivity contribution in [3.05, 3.63) is 24.0 Å². The number of hydrogen-bond acceptors (Lipinski definition) is 2. The Balaban J connectivity index is 3.07. The molecule has 0 aliphatic carbocycles. The SMILES string of the molecule is [O]c1ccnc(C(=O)O)c1. The number of pyridine rings is 1. The molecule has 0 unspecified atom stereocenters. The molecule has 4 heteroatoms. The summed E-state index contributed by atoms with van der Waals surface area (Å²) in [6, 6.07) is 2.18. The van der Waals surface area contributed by atoms with E-state index in [0.717, 1.165) is 6.07 Å². The Morgan fingerprint density at radius 3 is 2.70 bits per heavy atom. The summed E-state index contributed by atoms with van der Waals surface area (Å²) in [6.07, 6.45) is 1.17. The zero-order chi connectivity index (χ0) is 7.56. The normalized spacial score (nSPS) is 9.20. The van der Waals surface area contributed by atoms with Crippen molar-refractivity contribution in [1.82, 2.24) is 4.98 Å². The number of nitrogens with zero attached hydrogens (tertiary/aromatic N) is 1. The third-order valence-corrected chi connectivity index (χ3v) is 0.951. The van der Waals surface area contributed by atoms with Crippen molar-refractivity contribution in [2.45, 2.75) is 0 Å². The number of carboxylic acid groups (broad SMARTS) is 1. The van der Waals surface area contributed by atoms with E-state index in [0.29, 0.717) is 0 Å². The zero-order valence-corrected chi connectivity index (χ0v) is 4.94. The van der Waals surface area contributed by atoms with Gasteiger partial charge in [0, 0.05) is 18.3 Å². The Morgan fingerprint density at radius 2 is 2.30 bits per heavy atom. The Bertz CT molecular complexity index is 259. The number of rotatable bonds is 1. The third kappa shape index (κ3) is 1.22. The molecule has 0 spiro atoms. The summed E-state index contributed by atoms with van der Waals surface area (Å²) in [4.78, 5) is 13.6. The maximum absolute atomic E-state index is 10.5. The van der Waals surface area contributed by atoms with Gasteiger partial charge in [0.05, 0.1) is 0 Å². The Kier molecular flexibility index (Phi) is 1.53. The van der Waals surface area contributed by atoms with Gasteiger partial charge in [-0.3, -0.25) is 5.11 Å². The minimum Gasteiger partial charge on any atom is -0.477 e. The highest BCUT2D eigenvalue weighted by Gasteiger charge is 2.03. The molecule has 10 heavy (non-hydrogen) atoms. The molecule has 1 radical (unpaired) electrons. The number of carboxylic acids is 1. The summed E-state index contributed by atoms with van der Waals surface area (Å²) >= 11 is 0. The number of aromatic carboxylic acids is 1. The van der Waals surface area contributed by atoms with Gasteiger partial charge in [-0.05, 0) is 0 Å². The number of hydrogen-bond donors (Lipinski definition) is 1. The van der Waals surface area contributed by atoms with E-state index in [1.807, 2.05) is 0 Å². The maximum atomic E-state index is 10.5. The highest BCUT2D eigenvalue weighted by molar-refractivity contribution is 5.85. The molecule has 4 nitrogen and oxygen atoms in total. The Labute approximate surface area is 56.8 Å². The standard InChI is InChI=1S/C6H4NO3/c8-4-1-2-7-5(3-4)6(9)10/h1-3H,(H,9,10). The lowest BCUT2D eigenvalue weighted by molar-refractivity contribution is 0.0689. The number of aromatic nitrogens is 1. The van der Waals surface area contributed by atoms with Gasteiger partial charge >= 0.3 is 5.97 Å². The second-order valence-electron chi connectivity index (χ2n) is 1.68. The first-order chi connectivity index (χ1) is 4.70. The lowest BCUT2D eigenvalue weighted by Gasteiger charge is -1.89. The molecule has 51 valence electrons. The zero-order valence-electron chi connectivity index (χ0n) is 4.94. The van der Waals surface area contributed by atoms with Crippen LogP contribution >= 0.6 is 0 Å². The first kappa shape index (κ1) is 6.54. The predicted octanol–water partition coefficient (Wildman–Crippen LogP) is 0.924. The largest absolute Gasteiger partial charge is 0.477 e. The van der Waals surface area contributed by atoms with Crippen LogP contribution in [0, 0.1) is 0 Å². The van der Waals surface area contributed by atoms with Crippen LogP contribution in [0.1, 0.15) is 10.5 Å². The summed E-state index contributed by atoms with van der Waals surface area (Å²) in [5.74, 6) is -1.52. The van der Waals surface area contributed by atoms with E-state index in [1.165, 1.54) is 12.3 Å². The van der Waals surface area contributed by atoms with Crippen LogP contribution in [0.25, 0.3) is 0 Å². The van der Waals surface area contributed by atoms with E-state index in [9.17, 15) is 9.90 Å². The number of carbonyl (C=O) groups is 1. The fourth-order valence-corrected chi connectivity index (χ4v) is 0.528. The van der Waals surface area contributed by atoms with E-state index >= 15 is 0 Å². The van der Waals surface area contributed by atoms with Crippen LogP contribution in [-0.2, 0) is 5.11 Å². The summed E-state index contributed by atoms with van der Waals surface area (Å²) in [5, 5.41) is 18.8. The minimum atomic E-state index is -1.18. The highest BCUT2D eigenvalue weighted by atomic mass is 16.4. The van der Waals surface area contributed by atoms with E-state index < -0.39 is 5.97 Å². The van der Waals surface area contributed by atoms with Gasteiger partial charge < -0.3 is 5.11 Å². The predicted molar refractivity (Wildman–Crippen MR) is 31.3 cm³/mol. The third-order valence-electron chi connectivity index (χ3n) is 0.951. The Morgan fingerprint density at radius 1 is 1.60 bits per heavy atom. The van der Waals surface area contributed by atoms with Crippen LogP contribution in [0.5, 0.6) is 5.75 Å². The average Bonchev–Trinajstić information content (AvgIpc) is 1.88. The van der Waals surface area contributed by atoms with Gasteiger partial charge in [-0.2, -0.15) is 0 Å². The molecule has 1 N–H and O–H groups in total. The van der Waals surface area contributed by atoms with Gasteiger partial charge in [0.1, 0.15) is 0 Å². The van der Waals surface area contributed by atoms with Gasteiger partial charge in [-0.15, -0.1) is 0 Å². The molecule has 0 atom stereocenters. The van der Waals surface area contributed by atoms with Crippen molar-refractivity contribution >= 4 is 5.97 Å². The van der Waals surface area contributed by atoms with Gasteiger partial charge in [0.2, 0.25) is 0 Å². The molecule has 0 saturated heterocycles. The van der Waals surface area contributed by atoms with Crippen LogP contribution in [-0.4, -0.2) is 16.1 Å². The fraction of sp³-hybridized carbons (Fsp3) is 0. The van der Waals surface area contributed by atoms with Crippen molar-refractivity contribution in [3.8, 4) is 5.75 Å². The molecule has 0 fully saturated rings. The molecule has 1 rings (SSSR count). The van der Waals surface area contributed by atoms with Gasteiger partial charge in [-0.1, -0.05) is 0 Å². The van der Waals surface area contributed by atoms with E-state index in [2.05, 4.69) is 4.98 Å². The van der Waals surface area contributed by atoms with E-state index in [4.69, 9.17) is 5.11 Å². The first-order valence-electron chi connectivity index (χ1n) is 2.56. The first-order valence-corrected chi connectivity index (χ1v) is 2.56. The van der Waals surface area contributed by atoms with Crippen molar-refractivity contribution in [2.75, 3.05) is 0 Å². The van der Waals surface area contributed by atoms with Crippen LogP contribution < -0.4 is 0 Å². The van der Waals surface area contributed by atoms with E-state index in [1.54, 1.807) is 0 Å². The average molecular weight is 138 g/mol. The van der Waals surface area contributed by atoms with Gasteiger partial charge in [0.15, 0.2) is 11.4 Å². The highest BCUT2D eigenvalue weighted by Crippen LogP contribution is 2.08. The van der Waals surface area contributed by atoms with Crippen LogP contribution in [0.2, 0.25) is 0 Å². The molecule has 0 aromatic carbocycles. The summed E-state index contributed by atoms with van der Waals surface area (Å²) in [7, 11) is 0. The second-order valence-corrected chi connectivity index (χ2v) is 1.68. The maximum Gasteiger partial charge on any atom is 0.354 e. The van der Waals surface area contributed by atoms with Gasteiger partial charge in [0.25, 0.3) is 0 Å². The molecule has 0 saturated carbocycles.